The van der Waals surface area contributed by atoms with Gasteiger partial charge in [0.15, 0.2) is 5.78 Å². The predicted octanol–water partition coefficient (Wildman–Crippen LogP) is 3.99. The van der Waals surface area contributed by atoms with Gasteiger partial charge in [0, 0.05) is 49.5 Å². The monoisotopic (exact) mass is 432 g/mol. The van der Waals surface area contributed by atoms with E-state index in [2.05, 4.69) is 25.7 Å². The van der Waals surface area contributed by atoms with Crippen LogP contribution in [0.3, 0.4) is 0 Å². The number of rotatable bonds is 6. The minimum atomic E-state index is 0.102. The first-order valence-corrected chi connectivity index (χ1v) is 9.80. The molecule has 0 unspecified atom stereocenters. The molecule has 0 aromatic heterocycles. The summed E-state index contributed by atoms with van der Waals surface area (Å²) in [4.78, 5) is 16.2. The number of ketones is 1. The van der Waals surface area contributed by atoms with Crippen molar-refractivity contribution in [3.63, 3.8) is 0 Å². The Hall–Kier alpha value is -2.05. The number of carbonyl (C=O) groups excluding carboxylic acids is 1. The maximum atomic E-state index is 11.4. The average Bonchev–Trinajstić information content (AvgIpc) is 2.69. The highest BCUT2D eigenvalue weighted by Gasteiger charge is 2.19. The van der Waals surface area contributed by atoms with Crippen molar-refractivity contribution in [3.8, 4) is 11.5 Å². The zero-order chi connectivity index (χ0) is 19.4. The Balaban J connectivity index is 1.63. The fraction of sp³-hybridized carbons (Fsp3) is 0.381. The van der Waals surface area contributed by atoms with Crippen molar-refractivity contribution in [2.24, 2.45) is 0 Å². The van der Waals surface area contributed by atoms with Gasteiger partial charge in [-0.25, -0.2) is 0 Å². The van der Waals surface area contributed by atoms with Crippen LogP contribution in [0.4, 0.5) is 5.69 Å². The summed E-state index contributed by atoms with van der Waals surface area (Å²) < 4.78 is 11.9. The standard InChI is InChI=1S/C21H25BrN2O3/c1-15(25)16-4-6-18(7-5-16)24-10-8-23(9-11-24)14-17-12-21(27-3)19(22)13-20(17)26-2/h4-7,12-13H,8-11,14H2,1-3H3. The third-order valence-electron chi connectivity index (χ3n) is 4.96. The van der Waals surface area contributed by atoms with Crippen LogP contribution in [0, 0.1) is 0 Å². The minimum Gasteiger partial charge on any atom is -0.496 e. The molecular formula is C21H25BrN2O3. The van der Waals surface area contributed by atoms with Crippen molar-refractivity contribution in [3.05, 3.63) is 52.0 Å². The highest BCUT2D eigenvalue weighted by Crippen LogP contribution is 2.33. The fourth-order valence-corrected chi connectivity index (χ4v) is 3.84. The van der Waals surface area contributed by atoms with Crippen molar-refractivity contribution in [2.75, 3.05) is 45.3 Å². The van der Waals surface area contributed by atoms with Crippen LogP contribution in [0.1, 0.15) is 22.8 Å². The van der Waals surface area contributed by atoms with Gasteiger partial charge >= 0.3 is 0 Å². The molecule has 2 aromatic carbocycles. The Labute approximate surface area is 169 Å². The van der Waals surface area contributed by atoms with Gasteiger partial charge in [-0.2, -0.15) is 0 Å². The lowest BCUT2D eigenvalue weighted by Gasteiger charge is -2.36. The van der Waals surface area contributed by atoms with Crippen LogP contribution in [0.5, 0.6) is 11.5 Å². The molecule has 0 aliphatic carbocycles. The highest BCUT2D eigenvalue weighted by atomic mass is 79.9. The number of ether oxygens (including phenoxy) is 2. The molecule has 1 aliphatic heterocycles. The molecular weight excluding hydrogens is 408 g/mol. The van der Waals surface area contributed by atoms with E-state index in [-0.39, 0.29) is 5.78 Å². The second-order valence-electron chi connectivity index (χ2n) is 6.66. The molecule has 1 saturated heterocycles. The Morgan fingerprint density at radius 2 is 1.63 bits per heavy atom. The number of hydrogen-bond acceptors (Lipinski definition) is 5. The summed E-state index contributed by atoms with van der Waals surface area (Å²) in [5.41, 5.74) is 3.05. The molecule has 0 atom stereocenters. The largest absolute Gasteiger partial charge is 0.496 e. The van der Waals surface area contributed by atoms with Gasteiger partial charge < -0.3 is 14.4 Å². The van der Waals surface area contributed by atoms with Crippen LogP contribution in [0.25, 0.3) is 0 Å². The topological polar surface area (TPSA) is 42.0 Å². The SMILES string of the molecule is COc1cc(CN2CCN(c3ccc(C(C)=O)cc3)CC2)c(OC)cc1Br. The molecule has 5 nitrogen and oxygen atoms in total. The zero-order valence-electron chi connectivity index (χ0n) is 16.0. The van der Waals surface area contributed by atoms with Crippen molar-refractivity contribution in [1.29, 1.82) is 0 Å². The first-order valence-electron chi connectivity index (χ1n) is 9.00. The lowest BCUT2D eigenvalue weighted by molar-refractivity contribution is 0.101. The lowest BCUT2D eigenvalue weighted by atomic mass is 10.1. The number of hydrogen-bond donors (Lipinski definition) is 0. The second kappa shape index (κ2) is 8.76. The van der Waals surface area contributed by atoms with E-state index in [1.807, 2.05) is 36.4 Å². The van der Waals surface area contributed by atoms with E-state index >= 15 is 0 Å². The van der Waals surface area contributed by atoms with Crippen molar-refractivity contribution in [2.45, 2.75) is 13.5 Å². The molecule has 0 amide bonds. The molecule has 1 heterocycles. The first kappa shape index (κ1) is 19.7. The minimum absolute atomic E-state index is 0.102. The number of halogens is 1. The molecule has 0 saturated carbocycles. The molecule has 1 aliphatic rings. The van der Waals surface area contributed by atoms with E-state index in [9.17, 15) is 4.79 Å². The van der Waals surface area contributed by atoms with E-state index in [1.165, 1.54) is 5.69 Å². The van der Waals surface area contributed by atoms with Gasteiger partial charge in [0.2, 0.25) is 0 Å². The van der Waals surface area contributed by atoms with Gasteiger partial charge in [-0.15, -0.1) is 0 Å². The molecule has 0 bridgehead atoms. The first-order chi connectivity index (χ1) is 13.0. The second-order valence-corrected chi connectivity index (χ2v) is 7.52. The summed E-state index contributed by atoms with van der Waals surface area (Å²) in [5, 5.41) is 0. The number of methoxy groups -OCH3 is 2. The Kier molecular flexibility index (Phi) is 6.39. The van der Waals surface area contributed by atoms with Crippen molar-refractivity contribution >= 4 is 27.4 Å². The molecule has 6 heteroatoms. The predicted molar refractivity (Wildman–Crippen MR) is 111 cm³/mol. The van der Waals surface area contributed by atoms with Crippen LogP contribution < -0.4 is 14.4 Å². The summed E-state index contributed by atoms with van der Waals surface area (Å²) >= 11 is 3.51. The van der Waals surface area contributed by atoms with Gasteiger partial charge in [0.05, 0.1) is 18.7 Å². The van der Waals surface area contributed by atoms with E-state index in [0.717, 1.165) is 59.8 Å². The van der Waals surface area contributed by atoms with Gasteiger partial charge in [-0.1, -0.05) is 0 Å². The van der Waals surface area contributed by atoms with Gasteiger partial charge in [0.1, 0.15) is 11.5 Å². The summed E-state index contributed by atoms with van der Waals surface area (Å²) in [7, 11) is 3.37. The number of carbonyl (C=O) groups is 1. The molecule has 0 spiro atoms. The number of nitrogens with zero attached hydrogens (tertiary/aromatic N) is 2. The van der Waals surface area contributed by atoms with Gasteiger partial charge in [0.25, 0.3) is 0 Å². The fourth-order valence-electron chi connectivity index (χ4n) is 3.36. The molecule has 144 valence electrons. The molecule has 0 radical (unpaired) electrons. The molecule has 1 fully saturated rings. The van der Waals surface area contributed by atoms with E-state index in [4.69, 9.17) is 9.47 Å². The summed E-state index contributed by atoms with van der Waals surface area (Å²) in [6.07, 6.45) is 0. The number of anilines is 1. The summed E-state index contributed by atoms with van der Waals surface area (Å²) in [6, 6.07) is 11.9. The van der Waals surface area contributed by atoms with Crippen LogP contribution in [0.2, 0.25) is 0 Å². The van der Waals surface area contributed by atoms with E-state index in [1.54, 1.807) is 21.1 Å². The molecule has 3 rings (SSSR count). The Morgan fingerprint density at radius 1 is 1.00 bits per heavy atom. The van der Waals surface area contributed by atoms with Gasteiger partial charge in [-0.3, -0.25) is 9.69 Å². The van der Waals surface area contributed by atoms with Crippen molar-refractivity contribution in [1.82, 2.24) is 4.90 Å². The Bertz CT molecular complexity index is 800. The van der Waals surface area contributed by atoms with Gasteiger partial charge in [-0.05, 0) is 59.3 Å². The zero-order valence-corrected chi connectivity index (χ0v) is 17.6. The number of Topliss-reactive ketones (excluding diaryl/α,β-unsaturated/α-hetero) is 1. The van der Waals surface area contributed by atoms with E-state index < -0.39 is 0 Å². The van der Waals surface area contributed by atoms with Crippen LogP contribution in [0.15, 0.2) is 40.9 Å². The average molecular weight is 433 g/mol. The molecule has 0 N–H and O–H groups in total. The highest BCUT2D eigenvalue weighted by molar-refractivity contribution is 9.10. The summed E-state index contributed by atoms with van der Waals surface area (Å²) in [5.74, 6) is 1.78. The number of piperazine rings is 1. The van der Waals surface area contributed by atoms with Crippen molar-refractivity contribution < 1.29 is 14.3 Å². The van der Waals surface area contributed by atoms with Crippen LogP contribution in [-0.4, -0.2) is 51.1 Å². The lowest BCUT2D eigenvalue weighted by Crippen LogP contribution is -2.46. The summed E-state index contributed by atoms with van der Waals surface area (Å²) in [6.45, 7) is 6.26. The van der Waals surface area contributed by atoms with Crippen LogP contribution >= 0.6 is 15.9 Å². The molecule has 27 heavy (non-hydrogen) atoms. The van der Waals surface area contributed by atoms with Crippen LogP contribution in [-0.2, 0) is 6.54 Å². The van der Waals surface area contributed by atoms with E-state index in [0.29, 0.717) is 0 Å². The normalized spacial score (nSPS) is 14.9. The number of benzene rings is 2. The Morgan fingerprint density at radius 3 is 2.19 bits per heavy atom. The smallest absolute Gasteiger partial charge is 0.159 e. The maximum Gasteiger partial charge on any atom is 0.159 e. The maximum absolute atomic E-state index is 11.4. The molecule has 2 aromatic rings. The third kappa shape index (κ3) is 4.62. The quantitative estimate of drug-likeness (QED) is 0.645. The third-order valence-corrected chi connectivity index (χ3v) is 5.58.